The van der Waals surface area contributed by atoms with Crippen molar-refractivity contribution in [3.05, 3.63) is 18.5 Å². The second kappa shape index (κ2) is 8.03. The number of rotatable bonds is 7. The van der Waals surface area contributed by atoms with Gasteiger partial charge in [0.05, 0.1) is 6.61 Å². The standard InChI is InChI=1S/C11H20N4OS/c1-10(9-16-2)14-11(17)12-5-3-7-15-8-4-6-13-15/h4,6,8,10H,3,5,7,9H2,1-2H3,(H2,12,14,17). The van der Waals surface area contributed by atoms with Crippen LogP contribution in [0.15, 0.2) is 18.5 Å². The molecule has 1 aromatic rings. The van der Waals surface area contributed by atoms with Gasteiger partial charge in [-0.25, -0.2) is 0 Å². The Morgan fingerprint density at radius 3 is 3.06 bits per heavy atom. The summed E-state index contributed by atoms with van der Waals surface area (Å²) < 4.78 is 6.93. The molecule has 1 unspecified atom stereocenters. The molecule has 0 saturated carbocycles. The molecule has 6 heteroatoms. The first-order valence-electron chi connectivity index (χ1n) is 5.73. The van der Waals surface area contributed by atoms with E-state index < -0.39 is 0 Å². The van der Waals surface area contributed by atoms with Gasteiger partial charge in [0.25, 0.3) is 0 Å². The maximum absolute atomic E-state index is 5.16. The Morgan fingerprint density at radius 2 is 2.41 bits per heavy atom. The van der Waals surface area contributed by atoms with Gasteiger partial charge in [0.15, 0.2) is 5.11 Å². The lowest BCUT2D eigenvalue weighted by Crippen LogP contribution is -2.42. The van der Waals surface area contributed by atoms with Crippen molar-refractivity contribution in [1.82, 2.24) is 20.4 Å². The zero-order valence-corrected chi connectivity index (χ0v) is 11.2. The second-order valence-electron chi connectivity index (χ2n) is 3.88. The topological polar surface area (TPSA) is 51.1 Å². The molecule has 1 rings (SSSR count). The van der Waals surface area contributed by atoms with Gasteiger partial charge in [-0.15, -0.1) is 0 Å². The third kappa shape index (κ3) is 6.23. The van der Waals surface area contributed by atoms with Crippen LogP contribution in [0.5, 0.6) is 0 Å². The summed E-state index contributed by atoms with van der Waals surface area (Å²) in [6.45, 7) is 4.41. The fraction of sp³-hybridized carbons (Fsp3) is 0.636. The fourth-order valence-electron chi connectivity index (χ4n) is 1.44. The third-order valence-corrected chi connectivity index (χ3v) is 2.47. The molecule has 0 fully saturated rings. The minimum atomic E-state index is 0.228. The molecule has 2 N–H and O–H groups in total. The number of nitrogens with one attached hydrogen (secondary N) is 2. The molecule has 0 aliphatic heterocycles. The Balaban J connectivity index is 2.04. The van der Waals surface area contributed by atoms with Gasteiger partial charge in [-0.2, -0.15) is 5.10 Å². The van der Waals surface area contributed by atoms with Crippen LogP contribution < -0.4 is 10.6 Å². The highest BCUT2D eigenvalue weighted by Gasteiger charge is 2.02. The molecule has 0 bridgehead atoms. The number of nitrogens with zero attached hydrogens (tertiary/aromatic N) is 2. The quantitative estimate of drug-likeness (QED) is 0.557. The fourth-order valence-corrected chi connectivity index (χ4v) is 1.75. The van der Waals surface area contributed by atoms with E-state index >= 15 is 0 Å². The van der Waals surface area contributed by atoms with Crippen LogP contribution in [0, 0.1) is 0 Å². The normalized spacial score (nSPS) is 12.1. The first kappa shape index (κ1) is 13.9. The number of aryl methyl sites for hydroxylation is 1. The lowest BCUT2D eigenvalue weighted by molar-refractivity contribution is 0.179. The van der Waals surface area contributed by atoms with E-state index in [1.807, 2.05) is 23.9 Å². The molecular weight excluding hydrogens is 236 g/mol. The van der Waals surface area contributed by atoms with Gasteiger partial charge in [-0.1, -0.05) is 0 Å². The van der Waals surface area contributed by atoms with Crippen molar-refractivity contribution >= 4 is 17.3 Å². The highest BCUT2D eigenvalue weighted by molar-refractivity contribution is 7.80. The van der Waals surface area contributed by atoms with Gasteiger partial charge >= 0.3 is 0 Å². The number of aromatic nitrogens is 2. The summed E-state index contributed by atoms with van der Waals surface area (Å²) in [5, 5.41) is 11.1. The van der Waals surface area contributed by atoms with Crippen LogP contribution in [-0.2, 0) is 11.3 Å². The van der Waals surface area contributed by atoms with Crippen molar-refractivity contribution in [2.75, 3.05) is 20.3 Å². The summed E-state index contributed by atoms with van der Waals surface area (Å²) in [5.74, 6) is 0. The van der Waals surface area contributed by atoms with Crippen LogP contribution in [0.1, 0.15) is 13.3 Å². The molecule has 0 radical (unpaired) electrons. The number of hydrogen-bond donors (Lipinski definition) is 2. The molecule has 1 heterocycles. The number of hydrogen-bond acceptors (Lipinski definition) is 3. The maximum atomic E-state index is 5.16. The van der Waals surface area contributed by atoms with E-state index in [0.29, 0.717) is 11.7 Å². The molecule has 96 valence electrons. The zero-order chi connectivity index (χ0) is 12.5. The number of thiocarbonyl (C=S) groups is 1. The van der Waals surface area contributed by atoms with Crippen LogP contribution in [0.4, 0.5) is 0 Å². The SMILES string of the molecule is COCC(C)NC(=S)NCCCn1cccn1. The van der Waals surface area contributed by atoms with E-state index in [1.165, 1.54) is 0 Å². The van der Waals surface area contributed by atoms with E-state index in [9.17, 15) is 0 Å². The second-order valence-corrected chi connectivity index (χ2v) is 4.29. The molecule has 0 aromatic carbocycles. The summed E-state index contributed by atoms with van der Waals surface area (Å²) in [7, 11) is 1.68. The number of methoxy groups -OCH3 is 1. The van der Waals surface area contributed by atoms with Gasteiger partial charge < -0.3 is 15.4 Å². The van der Waals surface area contributed by atoms with Crippen molar-refractivity contribution in [3.63, 3.8) is 0 Å². The predicted molar refractivity (Wildman–Crippen MR) is 71.9 cm³/mol. The summed E-state index contributed by atoms with van der Waals surface area (Å²) in [4.78, 5) is 0. The Morgan fingerprint density at radius 1 is 1.59 bits per heavy atom. The molecule has 0 aliphatic rings. The average Bonchev–Trinajstić information content (AvgIpc) is 2.77. The molecule has 0 amide bonds. The van der Waals surface area contributed by atoms with Gasteiger partial charge in [0.1, 0.15) is 0 Å². The van der Waals surface area contributed by atoms with Crippen LogP contribution in [0.3, 0.4) is 0 Å². The largest absolute Gasteiger partial charge is 0.383 e. The monoisotopic (exact) mass is 256 g/mol. The van der Waals surface area contributed by atoms with Crippen LogP contribution >= 0.6 is 12.2 Å². The van der Waals surface area contributed by atoms with Crippen molar-refractivity contribution in [2.24, 2.45) is 0 Å². The van der Waals surface area contributed by atoms with Crippen molar-refractivity contribution in [3.8, 4) is 0 Å². The van der Waals surface area contributed by atoms with E-state index in [0.717, 1.165) is 19.5 Å². The minimum absolute atomic E-state index is 0.228. The highest BCUT2D eigenvalue weighted by Crippen LogP contribution is 1.88. The summed E-state index contributed by atoms with van der Waals surface area (Å²) in [6, 6.07) is 2.15. The van der Waals surface area contributed by atoms with E-state index in [2.05, 4.69) is 15.7 Å². The molecule has 17 heavy (non-hydrogen) atoms. The molecule has 0 spiro atoms. The lowest BCUT2D eigenvalue weighted by Gasteiger charge is -2.16. The molecule has 0 aliphatic carbocycles. The summed E-state index contributed by atoms with van der Waals surface area (Å²) in [6.07, 6.45) is 4.73. The minimum Gasteiger partial charge on any atom is -0.383 e. The Bertz CT molecular complexity index is 315. The number of ether oxygens (including phenoxy) is 1. The summed E-state index contributed by atoms with van der Waals surface area (Å²) >= 11 is 5.16. The molecule has 1 aromatic heterocycles. The predicted octanol–water partition coefficient (Wildman–Crippen LogP) is 0.772. The first-order valence-corrected chi connectivity index (χ1v) is 6.14. The van der Waals surface area contributed by atoms with Crippen molar-refractivity contribution < 1.29 is 4.74 Å². The average molecular weight is 256 g/mol. The van der Waals surface area contributed by atoms with E-state index in [4.69, 9.17) is 17.0 Å². The van der Waals surface area contributed by atoms with E-state index in [1.54, 1.807) is 13.3 Å². The van der Waals surface area contributed by atoms with Crippen molar-refractivity contribution in [1.29, 1.82) is 0 Å². The Kier molecular flexibility index (Phi) is 6.57. The first-order chi connectivity index (χ1) is 8.22. The van der Waals surface area contributed by atoms with Crippen LogP contribution in [0.2, 0.25) is 0 Å². The van der Waals surface area contributed by atoms with Gasteiger partial charge in [-0.3, -0.25) is 4.68 Å². The molecule has 1 atom stereocenters. The highest BCUT2D eigenvalue weighted by atomic mass is 32.1. The smallest absolute Gasteiger partial charge is 0.166 e. The summed E-state index contributed by atoms with van der Waals surface area (Å²) in [5.41, 5.74) is 0. The molecule has 5 nitrogen and oxygen atoms in total. The maximum Gasteiger partial charge on any atom is 0.166 e. The van der Waals surface area contributed by atoms with Crippen LogP contribution in [-0.4, -0.2) is 41.2 Å². The van der Waals surface area contributed by atoms with Crippen LogP contribution in [0.25, 0.3) is 0 Å². The van der Waals surface area contributed by atoms with Crippen molar-refractivity contribution in [2.45, 2.75) is 25.9 Å². The van der Waals surface area contributed by atoms with Gasteiger partial charge in [-0.05, 0) is 31.6 Å². The molecule has 0 saturated heterocycles. The van der Waals surface area contributed by atoms with E-state index in [-0.39, 0.29) is 6.04 Å². The zero-order valence-electron chi connectivity index (χ0n) is 10.3. The van der Waals surface area contributed by atoms with Gasteiger partial charge in [0.2, 0.25) is 0 Å². The Labute approximate surface area is 108 Å². The Hall–Kier alpha value is -1.14. The van der Waals surface area contributed by atoms with Gasteiger partial charge in [0, 0.05) is 38.6 Å². The molecular formula is C11H20N4OS. The lowest BCUT2D eigenvalue weighted by atomic mass is 10.4. The third-order valence-electron chi connectivity index (χ3n) is 2.20.